The Bertz CT molecular complexity index is 544. The van der Waals surface area contributed by atoms with Crippen LogP contribution in [0.1, 0.15) is 16.7 Å². The number of anilines is 1. The van der Waals surface area contributed by atoms with Gasteiger partial charge in [0.1, 0.15) is 5.82 Å². The zero-order valence-corrected chi connectivity index (χ0v) is 9.09. The fourth-order valence-electron chi connectivity index (χ4n) is 2.33. The molecular formula is C13H14N2. The summed E-state index contributed by atoms with van der Waals surface area (Å²) in [5, 5.41) is 4.61. The van der Waals surface area contributed by atoms with E-state index in [1.807, 2.05) is 0 Å². The number of hydrogen-bond acceptors (Lipinski definition) is 2. The first-order valence-corrected chi connectivity index (χ1v) is 5.39. The van der Waals surface area contributed by atoms with Gasteiger partial charge < -0.3 is 5.32 Å². The predicted molar refractivity (Wildman–Crippen MR) is 63.4 cm³/mol. The Morgan fingerprint density at radius 1 is 1.20 bits per heavy atom. The van der Waals surface area contributed by atoms with E-state index < -0.39 is 0 Å². The van der Waals surface area contributed by atoms with Gasteiger partial charge in [-0.25, -0.2) is 4.98 Å². The summed E-state index contributed by atoms with van der Waals surface area (Å²) in [6.45, 7) is 5.30. The number of nitrogens with one attached hydrogen (secondary N) is 1. The van der Waals surface area contributed by atoms with E-state index in [4.69, 9.17) is 0 Å². The van der Waals surface area contributed by atoms with Crippen LogP contribution < -0.4 is 5.32 Å². The standard InChI is InChI=1S/C13H14N2/c1-8-5-9(2)11-7-10-3-4-14-13(10)15-12(11)6-8/h5-7H,3-4H2,1-2H3,(H,14,15). The molecule has 0 fully saturated rings. The van der Waals surface area contributed by atoms with Gasteiger partial charge in [-0.2, -0.15) is 0 Å². The summed E-state index contributed by atoms with van der Waals surface area (Å²) in [4.78, 5) is 4.67. The number of aryl methyl sites for hydroxylation is 2. The van der Waals surface area contributed by atoms with Crippen LogP contribution >= 0.6 is 0 Å². The molecule has 0 radical (unpaired) electrons. The third kappa shape index (κ3) is 1.29. The van der Waals surface area contributed by atoms with E-state index in [1.165, 1.54) is 22.1 Å². The third-order valence-corrected chi connectivity index (χ3v) is 3.05. The molecule has 1 N–H and O–H groups in total. The second-order valence-electron chi connectivity index (χ2n) is 4.32. The molecule has 1 aromatic heterocycles. The lowest BCUT2D eigenvalue weighted by atomic mass is 10.0. The van der Waals surface area contributed by atoms with Crippen molar-refractivity contribution in [2.45, 2.75) is 20.3 Å². The second-order valence-corrected chi connectivity index (χ2v) is 4.32. The molecule has 2 heteroatoms. The quantitative estimate of drug-likeness (QED) is 0.704. The average molecular weight is 198 g/mol. The van der Waals surface area contributed by atoms with Crippen molar-refractivity contribution in [3.63, 3.8) is 0 Å². The summed E-state index contributed by atoms with van der Waals surface area (Å²) in [6, 6.07) is 6.66. The van der Waals surface area contributed by atoms with E-state index >= 15 is 0 Å². The summed E-state index contributed by atoms with van der Waals surface area (Å²) in [6.07, 6.45) is 1.10. The van der Waals surface area contributed by atoms with E-state index in [2.05, 4.69) is 42.3 Å². The predicted octanol–water partition coefficient (Wildman–Crippen LogP) is 2.82. The van der Waals surface area contributed by atoms with E-state index in [9.17, 15) is 0 Å². The highest BCUT2D eigenvalue weighted by molar-refractivity contribution is 5.86. The van der Waals surface area contributed by atoms with Crippen LogP contribution in [0.25, 0.3) is 10.9 Å². The number of rotatable bonds is 0. The minimum atomic E-state index is 1.02. The fourth-order valence-corrected chi connectivity index (χ4v) is 2.33. The van der Waals surface area contributed by atoms with Gasteiger partial charge in [-0.3, -0.25) is 0 Å². The highest BCUT2D eigenvalue weighted by Gasteiger charge is 2.13. The summed E-state index contributed by atoms with van der Waals surface area (Å²) < 4.78 is 0. The van der Waals surface area contributed by atoms with Crippen LogP contribution in [0, 0.1) is 13.8 Å². The smallest absolute Gasteiger partial charge is 0.129 e. The molecule has 2 heterocycles. The fraction of sp³-hybridized carbons (Fsp3) is 0.308. The molecule has 1 aliphatic rings. The lowest BCUT2D eigenvalue weighted by Gasteiger charge is -2.06. The van der Waals surface area contributed by atoms with Crippen molar-refractivity contribution in [2.24, 2.45) is 0 Å². The number of benzene rings is 1. The molecule has 0 saturated heterocycles. The van der Waals surface area contributed by atoms with Gasteiger partial charge in [0.25, 0.3) is 0 Å². The second kappa shape index (κ2) is 2.96. The molecule has 0 saturated carbocycles. The maximum absolute atomic E-state index is 4.67. The SMILES string of the molecule is Cc1cc(C)c2cc3c(nc2c1)NCC3. The topological polar surface area (TPSA) is 24.9 Å². The van der Waals surface area contributed by atoms with Crippen molar-refractivity contribution in [3.05, 3.63) is 34.9 Å². The normalized spacial score (nSPS) is 14.0. The molecule has 3 rings (SSSR count). The molecule has 2 nitrogen and oxygen atoms in total. The molecule has 1 aromatic carbocycles. The Morgan fingerprint density at radius 3 is 2.93 bits per heavy atom. The van der Waals surface area contributed by atoms with Gasteiger partial charge in [0.15, 0.2) is 0 Å². The van der Waals surface area contributed by atoms with Crippen LogP contribution in [0.4, 0.5) is 5.82 Å². The largest absolute Gasteiger partial charge is 0.369 e. The maximum atomic E-state index is 4.67. The number of hydrogen-bond donors (Lipinski definition) is 1. The van der Waals surface area contributed by atoms with Gasteiger partial charge >= 0.3 is 0 Å². The molecule has 76 valence electrons. The van der Waals surface area contributed by atoms with Crippen LogP contribution in [0.15, 0.2) is 18.2 Å². The van der Waals surface area contributed by atoms with Gasteiger partial charge in [0.2, 0.25) is 0 Å². The van der Waals surface area contributed by atoms with Gasteiger partial charge in [0, 0.05) is 11.9 Å². The van der Waals surface area contributed by atoms with E-state index in [0.717, 1.165) is 24.3 Å². The zero-order valence-electron chi connectivity index (χ0n) is 9.09. The molecule has 0 amide bonds. The summed E-state index contributed by atoms with van der Waals surface area (Å²) in [7, 11) is 0. The molecular weight excluding hydrogens is 184 g/mol. The van der Waals surface area contributed by atoms with E-state index in [0.29, 0.717) is 0 Å². The van der Waals surface area contributed by atoms with Gasteiger partial charge in [-0.1, -0.05) is 6.07 Å². The minimum Gasteiger partial charge on any atom is -0.369 e. The van der Waals surface area contributed by atoms with Crippen LogP contribution in [0.3, 0.4) is 0 Å². The minimum absolute atomic E-state index is 1.02. The first-order valence-electron chi connectivity index (χ1n) is 5.39. The molecule has 15 heavy (non-hydrogen) atoms. The molecule has 2 aromatic rings. The number of nitrogens with zero attached hydrogens (tertiary/aromatic N) is 1. The van der Waals surface area contributed by atoms with Crippen LogP contribution in [-0.2, 0) is 6.42 Å². The van der Waals surface area contributed by atoms with Crippen molar-refractivity contribution in [3.8, 4) is 0 Å². The maximum Gasteiger partial charge on any atom is 0.129 e. The van der Waals surface area contributed by atoms with Crippen LogP contribution in [-0.4, -0.2) is 11.5 Å². The Kier molecular flexibility index (Phi) is 1.72. The van der Waals surface area contributed by atoms with Crippen molar-refractivity contribution >= 4 is 16.7 Å². The zero-order chi connectivity index (χ0) is 10.4. The van der Waals surface area contributed by atoms with Crippen LogP contribution in [0.5, 0.6) is 0 Å². The van der Waals surface area contributed by atoms with E-state index in [-0.39, 0.29) is 0 Å². The highest BCUT2D eigenvalue weighted by atomic mass is 15.0. The van der Waals surface area contributed by atoms with Crippen molar-refractivity contribution in [2.75, 3.05) is 11.9 Å². The lowest BCUT2D eigenvalue weighted by Crippen LogP contribution is -1.94. The Morgan fingerprint density at radius 2 is 2.07 bits per heavy atom. The summed E-state index contributed by atoms with van der Waals surface area (Å²) in [5.41, 5.74) is 5.08. The van der Waals surface area contributed by atoms with Crippen molar-refractivity contribution in [1.82, 2.24) is 4.98 Å². The average Bonchev–Trinajstić information content (AvgIpc) is 2.61. The molecule has 0 bridgehead atoms. The summed E-state index contributed by atoms with van der Waals surface area (Å²) in [5.74, 6) is 1.08. The monoisotopic (exact) mass is 198 g/mol. The van der Waals surface area contributed by atoms with Crippen molar-refractivity contribution in [1.29, 1.82) is 0 Å². The first-order chi connectivity index (χ1) is 7.24. The molecule has 0 atom stereocenters. The Balaban J connectivity index is 2.38. The Labute approximate surface area is 89.3 Å². The van der Waals surface area contributed by atoms with Gasteiger partial charge in [-0.15, -0.1) is 0 Å². The number of aromatic nitrogens is 1. The van der Waals surface area contributed by atoms with Crippen LogP contribution in [0.2, 0.25) is 0 Å². The lowest BCUT2D eigenvalue weighted by molar-refractivity contribution is 1.11. The van der Waals surface area contributed by atoms with Crippen molar-refractivity contribution < 1.29 is 0 Å². The first kappa shape index (κ1) is 8.72. The number of pyridine rings is 1. The Hall–Kier alpha value is -1.57. The molecule has 0 spiro atoms. The van der Waals surface area contributed by atoms with Gasteiger partial charge in [-0.05, 0) is 49.1 Å². The highest BCUT2D eigenvalue weighted by Crippen LogP contribution is 2.27. The molecule has 0 aliphatic carbocycles. The molecule has 0 unspecified atom stereocenters. The number of fused-ring (bicyclic) bond motifs is 2. The third-order valence-electron chi connectivity index (χ3n) is 3.05. The van der Waals surface area contributed by atoms with Gasteiger partial charge in [0.05, 0.1) is 5.52 Å². The van der Waals surface area contributed by atoms with E-state index in [1.54, 1.807) is 0 Å². The summed E-state index contributed by atoms with van der Waals surface area (Å²) >= 11 is 0. The molecule has 1 aliphatic heterocycles.